The summed E-state index contributed by atoms with van der Waals surface area (Å²) in [5.74, 6) is -4.01. The Hall–Kier alpha value is -5.65. The first-order chi connectivity index (χ1) is 25.6. The molecule has 0 aliphatic carbocycles. The van der Waals surface area contributed by atoms with Crippen molar-refractivity contribution in [3.8, 4) is 5.75 Å². The van der Waals surface area contributed by atoms with Crippen LogP contribution in [-0.4, -0.2) is 68.0 Å². The maximum atomic E-state index is 15.7. The van der Waals surface area contributed by atoms with Crippen LogP contribution in [0.3, 0.4) is 0 Å². The Kier molecular flexibility index (Phi) is 11.8. The number of likely N-dealkylation sites (tertiary alicyclic amines) is 1. The van der Waals surface area contributed by atoms with Crippen molar-refractivity contribution in [2.24, 2.45) is 0 Å². The first kappa shape index (κ1) is 39.6. The minimum atomic E-state index is -5.50. The normalized spacial score (nSPS) is 15.1. The number of aromatic nitrogens is 1. The van der Waals surface area contributed by atoms with Gasteiger partial charge in [0.05, 0.1) is 35.6 Å². The summed E-state index contributed by atoms with van der Waals surface area (Å²) < 4.78 is 92.7. The number of sulfone groups is 1. The van der Waals surface area contributed by atoms with E-state index in [9.17, 15) is 36.0 Å². The number of nitrogen functional groups attached to an aromatic ring is 1. The van der Waals surface area contributed by atoms with Gasteiger partial charge in [0.25, 0.3) is 0 Å². The number of alkyl halides is 3. The lowest BCUT2D eigenvalue weighted by Gasteiger charge is -2.32. The number of hydrogen-bond acceptors (Lipinski definition) is 11. The summed E-state index contributed by atoms with van der Waals surface area (Å²) in [4.78, 5) is 48.9. The molecule has 0 radical (unpaired) electrons. The molecule has 1 aliphatic heterocycles. The van der Waals surface area contributed by atoms with Crippen LogP contribution in [0.25, 0.3) is 10.8 Å². The number of fused-ring (bicyclic) bond motifs is 1. The number of nitrogens with two attached hydrogens (primary N) is 1. The molecule has 0 spiro atoms. The summed E-state index contributed by atoms with van der Waals surface area (Å²) in [7, 11) is -4.07. The molecule has 0 saturated carbocycles. The van der Waals surface area contributed by atoms with Crippen LogP contribution in [0, 0.1) is 5.82 Å². The van der Waals surface area contributed by atoms with Gasteiger partial charge in [-0.3, -0.25) is 4.79 Å². The molecule has 1 saturated heterocycles. The van der Waals surface area contributed by atoms with E-state index in [0.29, 0.717) is 22.9 Å². The van der Waals surface area contributed by atoms with E-state index in [2.05, 4.69) is 15.1 Å². The molecule has 54 heavy (non-hydrogen) atoms. The van der Waals surface area contributed by atoms with Gasteiger partial charge in [-0.2, -0.15) is 13.2 Å². The number of anilines is 3. The fraction of sp³-hybridized carbons (Fsp3) is 0.333. The Bertz CT molecular complexity index is 2170. The predicted molar refractivity (Wildman–Crippen MR) is 190 cm³/mol. The lowest BCUT2D eigenvalue weighted by molar-refractivity contribution is -0.200. The molecule has 1 aliphatic rings. The third kappa shape index (κ3) is 8.43. The maximum Gasteiger partial charge on any atom is 0.493 e. The molecule has 18 heteroatoms. The summed E-state index contributed by atoms with van der Waals surface area (Å²) in [6.07, 6.45) is -4.98. The average molecular weight is 776 g/mol. The average Bonchev–Trinajstić information content (AvgIpc) is 3.63. The van der Waals surface area contributed by atoms with Gasteiger partial charge in [-0.05, 0) is 98.3 Å². The van der Waals surface area contributed by atoms with Gasteiger partial charge in [0.15, 0.2) is 9.84 Å². The number of carbonyl (C=O) groups is 3. The van der Waals surface area contributed by atoms with Gasteiger partial charge in [-0.15, -0.1) is 5.06 Å². The van der Waals surface area contributed by atoms with Crippen LogP contribution in [-0.2, 0) is 29.0 Å². The summed E-state index contributed by atoms with van der Waals surface area (Å²) >= 11 is 0. The Morgan fingerprint density at radius 2 is 1.80 bits per heavy atom. The van der Waals surface area contributed by atoms with Crippen LogP contribution in [0.1, 0.15) is 56.8 Å². The van der Waals surface area contributed by atoms with Gasteiger partial charge in [0.1, 0.15) is 23.4 Å². The van der Waals surface area contributed by atoms with Crippen molar-refractivity contribution in [3.63, 3.8) is 0 Å². The fourth-order valence-electron chi connectivity index (χ4n) is 6.12. The Morgan fingerprint density at radius 1 is 1.04 bits per heavy atom. The second-order valence-corrected chi connectivity index (χ2v) is 14.3. The molecule has 1 aromatic heterocycles. The molecule has 4 aromatic rings. The van der Waals surface area contributed by atoms with Crippen LogP contribution in [0.15, 0.2) is 71.8 Å². The number of nitrogens with one attached hydrogen (secondary N) is 1. The SMILES string of the molecule is CCOC(=O)N(OC(=O)C(F)(F)F)c1ccc(S(=O)(=O)CC)c([C@H]2CCCN2C(=O)[C@@H](Nc2ccc3c(N)nccc3c2)c2cc(OCC)ccc2F)c1. The molecule has 3 aromatic carbocycles. The van der Waals surface area contributed by atoms with E-state index >= 15 is 4.39 Å². The van der Waals surface area contributed by atoms with Crippen LogP contribution >= 0.6 is 0 Å². The fourth-order valence-corrected chi connectivity index (χ4v) is 7.26. The highest BCUT2D eigenvalue weighted by Crippen LogP contribution is 2.41. The van der Waals surface area contributed by atoms with Crippen molar-refractivity contribution in [3.05, 3.63) is 83.8 Å². The Morgan fingerprint density at radius 3 is 2.48 bits per heavy atom. The molecule has 5 rings (SSSR count). The first-order valence-electron chi connectivity index (χ1n) is 16.9. The van der Waals surface area contributed by atoms with E-state index in [1.54, 1.807) is 31.2 Å². The van der Waals surface area contributed by atoms with Crippen LogP contribution in [0.5, 0.6) is 5.75 Å². The third-order valence-electron chi connectivity index (χ3n) is 8.62. The number of pyridine rings is 1. The van der Waals surface area contributed by atoms with Crippen molar-refractivity contribution in [2.45, 2.75) is 56.8 Å². The zero-order chi connectivity index (χ0) is 39.4. The maximum absolute atomic E-state index is 15.7. The van der Waals surface area contributed by atoms with Crippen molar-refractivity contribution in [1.29, 1.82) is 0 Å². The number of benzene rings is 3. The van der Waals surface area contributed by atoms with E-state index in [0.717, 1.165) is 24.3 Å². The minimum Gasteiger partial charge on any atom is -0.494 e. The number of carbonyl (C=O) groups excluding carboxylic acids is 3. The van der Waals surface area contributed by atoms with Gasteiger partial charge in [-0.25, -0.2) is 27.4 Å². The molecule has 0 unspecified atom stereocenters. The van der Waals surface area contributed by atoms with Gasteiger partial charge in [0, 0.05) is 29.4 Å². The molecule has 0 bridgehead atoms. The number of ether oxygens (including phenoxy) is 2. The number of nitrogens with zero attached hydrogens (tertiary/aromatic N) is 3. The summed E-state index contributed by atoms with van der Waals surface area (Å²) in [5, 5.41) is 4.39. The highest BCUT2D eigenvalue weighted by atomic mass is 32.2. The van der Waals surface area contributed by atoms with Crippen LogP contribution < -0.4 is 20.9 Å². The zero-order valence-corrected chi connectivity index (χ0v) is 30.2. The van der Waals surface area contributed by atoms with E-state index < -0.39 is 63.3 Å². The standard InChI is InChI=1S/C36H37F4N5O8S/c1-4-51-24-11-13-28(37)26(20-24)31(43-22-9-12-25-21(18-22)15-16-42-32(25)41)33(46)44-17-7-8-29(44)27-19-23(10-14-30(27)54(49,50)6-3)45(35(48)52-5-2)53-34(47)36(38,39)40/h9-16,18-20,29,31,43H,4-8,17H2,1-3H3,(H2,41,42)/t29-,31+/m1/s1. The molecule has 2 atom stereocenters. The third-order valence-corrected chi connectivity index (χ3v) is 10.4. The molecule has 1 fully saturated rings. The van der Waals surface area contributed by atoms with E-state index in [1.165, 1.54) is 37.1 Å². The van der Waals surface area contributed by atoms with Crippen molar-refractivity contribution < 1.29 is 54.7 Å². The summed E-state index contributed by atoms with van der Waals surface area (Å²) in [5.41, 5.74) is 5.77. The van der Waals surface area contributed by atoms with Crippen LogP contribution in [0.4, 0.5) is 39.5 Å². The number of hydroxylamine groups is 1. The predicted octanol–water partition coefficient (Wildman–Crippen LogP) is 6.65. The second kappa shape index (κ2) is 16.2. The molecule has 2 amide bonds. The second-order valence-electron chi connectivity index (χ2n) is 12.0. The van der Waals surface area contributed by atoms with Gasteiger partial charge >= 0.3 is 18.2 Å². The van der Waals surface area contributed by atoms with Gasteiger partial charge in [-0.1, -0.05) is 6.92 Å². The summed E-state index contributed by atoms with van der Waals surface area (Å²) in [6.45, 7) is 4.48. The Balaban J connectivity index is 1.63. The number of hydrogen-bond donors (Lipinski definition) is 2. The summed E-state index contributed by atoms with van der Waals surface area (Å²) in [6, 6.07) is 11.3. The number of amides is 2. The largest absolute Gasteiger partial charge is 0.494 e. The monoisotopic (exact) mass is 775 g/mol. The van der Waals surface area contributed by atoms with Crippen molar-refractivity contribution in [2.75, 3.05) is 41.6 Å². The lowest BCUT2D eigenvalue weighted by atomic mass is 10.00. The van der Waals surface area contributed by atoms with Crippen molar-refractivity contribution in [1.82, 2.24) is 9.88 Å². The van der Waals surface area contributed by atoms with Crippen molar-refractivity contribution >= 4 is 55.8 Å². The topological polar surface area (TPSA) is 170 Å². The smallest absolute Gasteiger partial charge is 0.493 e. The zero-order valence-electron chi connectivity index (χ0n) is 29.4. The Labute approximate surface area is 307 Å². The number of halogens is 4. The molecular formula is C36H37F4N5O8S. The highest BCUT2D eigenvalue weighted by Gasteiger charge is 2.45. The van der Waals surface area contributed by atoms with Crippen LogP contribution in [0.2, 0.25) is 0 Å². The highest BCUT2D eigenvalue weighted by molar-refractivity contribution is 7.91. The molecule has 3 N–H and O–H groups in total. The lowest BCUT2D eigenvalue weighted by Crippen LogP contribution is -2.40. The van der Waals surface area contributed by atoms with E-state index in [4.69, 9.17) is 15.2 Å². The molecular weight excluding hydrogens is 738 g/mol. The number of rotatable bonds is 11. The quantitative estimate of drug-likeness (QED) is 0.124. The van der Waals surface area contributed by atoms with E-state index in [-0.39, 0.29) is 58.8 Å². The molecule has 2 heterocycles. The minimum absolute atomic E-state index is 0.0345. The van der Waals surface area contributed by atoms with Gasteiger partial charge < -0.3 is 30.3 Å². The van der Waals surface area contributed by atoms with E-state index in [1.807, 2.05) is 0 Å². The first-order valence-corrected chi connectivity index (χ1v) is 18.5. The van der Waals surface area contributed by atoms with Gasteiger partial charge in [0.2, 0.25) is 5.91 Å². The molecule has 13 nitrogen and oxygen atoms in total. The molecule has 288 valence electrons.